The maximum atomic E-state index is 13.0. The highest BCUT2D eigenvalue weighted by Gasteiger charge is 2.50. The number of methoxy groups -OCH3 is 2. The first-order chi connectivity index (χ1) is 15.6. The number of thiazole rings is 1. The van der Waals surface area contributed by atoms with Gasteiger partial charge in [0.1, 0.15) is 16.5 Å². The van der Waals surface area contributed by atoms with Crippen molar-refractivity contribution in [1.82, 2.24) is 15.6 Å². The Morgan fingerprint density at radius 2 is 1.82 bits per heavy atom. The van der Waals surface area contributed by atoms with Crippen molar-refractivity contribution in [3.63, 3.8) is 0 Å². The fourth-order valence-corrected chi connectivity index (χ4v) is 3.89. The van der Waals surface area contributed by atoms with E-state index >= 15 is 0 Å². The van der Waals surface area contributed by atoms with E-state index in [1.54, 1.807) is 6.92 Å². The first kappa shape index (κ1) is 27.0. The van der Waals surface area contributed by atoms with Crippen LogP contribution in [0.5, 0.6) is 0 Å². The Balaban J connectivity index is 2.07. The molecule has 1 aliphatic rings. The number of epoxide rings is 1. The highest BCUT2D eigenvalue weighted by molar-refractivity contribution is 7.11. The van der Waals surface area contributed by atoms with Gasteiger partial charge in [-0.1, -0.05) is 13.8 Å². The number of ketones is 2. The molecule has 10 nitrogen and oxygen atoms in total. The second-order valence-corrected chi connectivity index (χ2v) is 9.63. The zero-order valence-electron chi connectivity index (χ0n) is 19.7. The molecule has 1 aliphatic heterocycles. The molecule has 1 aromatic rings. The number of Topliss-reactive ketones (excluding diaryl/α,β-unsaturated/α-hetero) is 2. The summed E-state index contributed by atoms with van der Waals surface area (Å²) in [6.45, 7) is 5.88. The van der Waals surface area contributed by atoms with Crippen LogP contribution in [0.2, 0.25) is 0 Å². The van der Waals surface area contributed by atoms with Crippen molar-refractivity contribution in [2.24, 2.45) is 11.8 Å². The molecule has 33 heavy (non-hydrogen) atoms. The molecule has 1 saturated heterocycles. The van der Waals surface area contributed by atoms with Gasteiger partial charge in [0.15, 0.2) is 11.6 Å². The standard InChI is InChI=1S/C22H33N3O7S/c1-13(2)6-15(19(27)22(3)11-32-22)24-20(28)14(9-30-4)7-17(26)16(10-31-5)25-21(29)18-8-23-12-33-18/h8,12-16H,6-7,9-11H2,1-5H3,(H,24,28)(H,25,29)/t14-,15-,16-,22+/m0/s1. The summed E-state index contributed by atoms with van der Waals surface area (Å²) in [5.41, 5.74) is 0.646. The predicted molar refractivity (Wildman–Crippen MR) is 121 cm³/mol. The Labute approximate surface area is 197 Å². The number of rotatable bonds is 15. The van der Waals surface area contributed by atoms with Crippen LogP contribution in [0, 0.1) is 11.8 Å². The van der Waals surface area contributed by atoms with E-state index in [1.165, 1.54) is 25.9 Å². The number of hydrogen-bond acceptors (Lipinski definition) is 9. The van der Waals surface area contributed by atoms with Gasteiger partial charge < -0.3 is 24.8 Å². The van der Waals surface area contributed by atoms with Crippen LogP contribution < -0.4 is 10.6 Å². The molecule has 0 aliphatic carbocycles. The molecule has 0 saturated carbocycles. The minimum absolute atomic E-state index is 0.0174. The van der Waals surface area contributed by atoms with Gasteiger partial charge in [0.2, 0.25) is 5.91 Å². The van der Waals surface area contributed by atoms with Crippen molar-refractivity contribution in [3.8, 4) is 0 Å². The topological polar surface area (TPSA) is 136 Å². The monoisotopic (exact) mass is 483 g/mol. The molecular formula is C22H33N3O7S. The number of amides is 2. The lowest BCUT2D eigenvalue weighted by Gasteiger charge is -2.25. The molecule has 1 aromatic heterocycles. The van der Waals surface area contributed by atoms with Crippen molar-refractivity contribution in [2.45, 2.75) is 51.3 Å². The van der Waals surface area contributed by atoms with Crippen LogP contribution in [0.25, 0.3) is 0 Å². The fraction of sp³-hybridized carbons (Fsp3) is 0.682. The molecule has 4 atom stereocenters. The van der Waals surface area contributed by atoms with E-state index < -0.39 is 35.4 Å². The number of aromatic nitrogens is 1. The highest BCUT2D eigenvalue weighted by Crippen LogP contribution is 2.29. The molecule has 0 unspecified atom stereocenters. The van der Waals surface area contributed by atoms with Crippen molar-refractivity contribution >= 4 is 34.7 Å². The van der Waals surface area contributed by atoms with Gasteiger partial charge in [-0.3, -0.25) is 24.2 Å². The Bertz CT molecular complexity index is 824. The Kier molecular flexibility index (Phi) is 10.1. The van der Waals surface area contributed by atoms with Crippen molar-refractivity contribution < 1.29 is 33.4 Å². The number of carbonyl (C=O) groups excluding carboxylic acids is 4. The van der Waals surface area contributed by atoms with Crippen LogP contribution in [-0.2, 0) is 28.6 Å². The SMILES string of the molecule is COC[C@H](CC(=O)[C@H](COC)NC(=O)c1cncs1)C(=O)N[C@@H](CC(C)C)C(=O)[C@@]1(C)CO1. The molecular weight excluding hydrogens is 450 g/mol. The second kappa shape index (κ2) is 12.3. The summed E-state index contributed by atoms with van der Waals surface area (Å²) in [5.74, 6) is -2.13. The normalized spacial score (nSPS) is 20.1. The zero-order valence-corrected chi connectivity index (χ0v) is 20.5. The fourth-order valence-electron chi connectivity index (χ4n) is 3.36. The Morgan fingerprint density at radius 3 is 2.33 bits per heavy atom. The summed E-state index contributed by atoms with van der Waals surface area (Å²) in [6.07, 6.45) is 1.67. The quantitative estimate of drug-likeness (QED) is 0.353. The van der Waals surface area contributed by atoms with Gasteiger partial charge in [0.25, 0.3) is 5.91 Å². The predicted octanol–water partition coefficient (Wildman–Crippen LogP) is 0.999. The molecule has 0 spiro atoms. The van der Waals surface area contributed by atoms with E-state index in [0.717, 1.165) is 11.3 Å². The molecule has 0 aromatic carbocycles. The van der Waals surface area contributed by atoms with E-state index in [-0.39, 0.29) is 37.1 Å². The third-order valence-corrected chi connectivity index (χ3v) is 6.08. The maximum absolute atomic E-state index is 13.0. The van der Waals surface area contributed by atoms with Gasteiger partial charge in [-0.15, -0.1) is 11.3 Å². The smallest absolute Gasteiger partial charge is 0.263 e. The van der Waals surface area contributed by atoms with Gasteiger partial charge in [0, 0.05) is 20.6 Å². The van der Waals surface area contributed by atoms with Crippen LogP contribution in [0.15, 0.2) is 11.7 Å². The van der Waals surface area contributed by atoms with Crippen molar-refractivity contribution in [2.75, 3.05) is 34.0 Å². The second-order valence-electron chi connectivity index (χ2n) is 8.74. The summed E-state index contributed by atoms with van der Waals surface area (Å²) in [7, 11) is 2.85. The van der Waals surface area contributed by atoms with E-state index in [2.05, 4.69) is 15.6 Å². The number of ether oxygens (including phenoxy) is 3. The Morgan fingerprint density at radius 1 is 1.15 bits per heavy atom. The van der Waals surface area contributed by atoms with E-state index in [9.17, 15) is 19.2 Å². The number of nitrogens with one attached hydrogen (secondary N) is 2. The summed E-state index contributed by atoms with van der Waals surface area (Å²) in [6, 6.07) is -1.66. The first-order valence-electron chi connectivity index (χ1n) is 10.8. The average Bonchev–Trinajstić information content (AvgIpc) is 3.27. The number of nitrogens with zero attached hydrogens (tertiary/aromatic N) is 1. The average molecular weight is 484 g/mol. The summed E-state index contributed by atoms with van der Waals surface area (Å²) >= 11 is 1.15. The molecule has 0 radical (unpaired) electrons. The van der Waals surface area contributed by atoms with Crippen LogP contribution in [0.4, 0.5) is 0 Å². The van der Waals surface area contributed by atoms with Crippen LogP contribution in [-0.4, -0.2) is 80.1 Å². The molecule has 0 bridgehead atoms. The molecule has 2 N–H and O–H groups in total. The van der Waals surface area contributed by atoms with Gasteiger partial charge in [0.05, 0.1) is 43.5 Å². The summed E-state index contributed by atoms with van der Waals surface area (Å²) in [5, 5.41) is 5.43. The number of carbonyl (C=O) groups is 4. The Hall–Kier alpha value is -2.21. The lowest BCUT2D eigenvalue weighted by molar-refractivity contribution is -0.135. The third kappa shape index (κ3) is 7.95. The molecule has 1 fully saturated rings. The van der Waals surface area contributed by atoms with E-state index in [4.69, 9.17) is 14.2 Å². The lowest BCUT2D eigenvalue weighted by atomic mass is 9.92. The molecule has 11 heteroatoms. The van der Waals surface area contributed by atoms with Gasteiger partial charge >= 0.3 is 0 Å². The third-order valence-electron chi connectivity index (χ3n) is 5.31. The molecule has 2 rings (SSSR count). The van der Waals surface area contributed by atoms with Crippen LogP contribution in [0.1, 0.15) is 43.3 Å². The van der Waals surface area contributed by atoms with Crippen LogP contribution in [0.3, 0.4) is 0 Å². The molecule has 2 amide bonds. The molecule has 184 valence electrons. The molecule has 2 heterocycles. The summed E-state index contributed by atoms with van der Waals surface area (Å²) < 4.78 is 15.5. The summed E-state index contributed by atoms with van der Waals surface area (Å²) in [4.78, 5) is 55.4. The first-order valence-corrected chi connectivity index (χ1v) is 11.7. The minimum atomic E-state index is -0.941. The van der Waals surface area contributed by atoms with Gasteiger partial charge in [-0.05, 0) is 19.3 Å². The van der Waals surface area contributed by atoms with Crippen molar-refractivity contribution in [3.05, 3.63) is 16.6 Å². The van der Waals surface area contributed by atoms with Crippen LogP contribution >= 0.6 is 11.3 Å². The zero-order chi connectivity index (χ0) is 24.6. The number of hydrogen-bond donors (Lipinski definition) is 2. The maximum Gasteiger partial charge on any atom is 0.263 e. The highest BCUT2D eigenvalue weighted by atomic mass is 32.1. The van der Waals surface area contributed by atoms with Gasteiger partial charge in [-0.2, -0.15) is 0 Å². The largest absolute Gasteiger partial charge is 0.384 e. The van der Waals surface area contributed by atoms with Gasteiger partial charge in [-0.25, -0.2) is 0 Å². The lowest BCUT2D eigenvalue weighted by Crippen LogP contribution is -2.50. The minimum Gasteiger partial charge on any atom is -0.384 e. The van der Waals surface area contributed by atoms with E-state index in [1.807, 2.05) is 13.8 Å². The van der Waals surface area contributed by atoms with E-state index in [0.29, 0.717) is 17.9 Å². The van der Waals surface area contributed by atoms with Crippen molar-refractivity contribution in [1.29, 1.82) is 0 Å².